The lowest BCUT2D eigenvalue weighted by Crippen LogP contribution is -2.01. The lowest BCUT2D eigenvalue weighted by atomic mass is 10.1. The molecule has 1 heterocycles. The van der Waals surface area contributed by atoms with Crippen molar-refractivity contribution >= 4 is 6.08 Å². The van der Waals surface area contributed by atoms with Crippen LogP contribution in [-0.4, -0.2) is 6.08 Å². The van der Waals surface area contributed by atoms with Gasteiger partial charge in [-0.1, -0.05) is 0 Å². The number of rotatable bonds is 2. The van der Waals surface area contributed by atoms with Gasteiger partial charge in [-0.25, -0.2) is 4.79 Å². The van der Waals surface area contributed by atoms with Gasteiger partial charge in [0.05, 0.1) is 6.26 Å². The topological polar surface area (TPSA) is 42.6 Å². The molecule has 1 aromatic rings. The van der Waals surface area contributed by atoms with Crippen LogP contribution in [0.4, 0.5) is 0 Å². The van der Waals surface area contributed by atoms with E-state index >= 15 is 0 Å². The Morgan fingerprint density at radius 1 is 1.67 bits per heavy atom. The van der Waals surface area contributed by atoms with E-state index in [1.54, 1.807) is 12.3 Å². The molecule has 0 atom stereocenters. The summed E-state index contributed by atoms with van der Waals surface area (Å²) in [5.74, 6) is 0.853. The highest BCUT2D eigenvalue weighted by atomic mass is 16.3. The van der Waals surface area contributed by atoms with E-state index in [0.29, 0.717) is 0 Å². The smallest absolute Gasteiger partial charge is 0.235 e. The fourth-order valence-corrected chi connectivity index (χ4v) is 1.51. The monoisotopic (exact) mass is 163 g/mol. The van der Waals surface area contributed by atoms with Gasteiger partial charge in [-0.15, -0.1) is 0 Å². The number of hydrogen-bond acceptors (Lipinski definition) is 3. The summed E-state index contributed by atoms with van der Waals surface area (Å²) in [7, 11) is 0. The maximum atomic E-state index is 10.1. The number of hydrogen-bond donors (Lipinski definition) is 0. The molecule has 0 amide bonds. The van der Waals surface area contributed by atoms with Gasteiger partial charge in [-0.05, 0) is 25.8 Å². The molecule has 1 fully saturated rings. The minimum atomic E-state index is -0.279. The highest BCUT2D eigenvalue weighted by molar-refractivity contribution is 5.41. The van der Waals surface area contributed by atoms with Gasteiger partial charge in [-0.3, -0.25) is 0 Å². The van der Waals surface area contributed by atoms with Crippen LogP contribution in [0.15, 0.2) is 21.7 Å². The number of furan rings is 1. The quantitative estimate of drug-likeness (QED) is 0.493. The summed E-state index contributed by atoms with van der Waals surface area (Å²) < 4.78 is 5.15. The first-order valence-electron chi connectivity index (χ1n) is 3.92. The lowest BCUT2D eigenvalue weighted by molar-refractivity contribution is 0.521. The van der Waals surface area contributed by atoms with Crippen molar-refractivity contribution in [1.29, 1.82) is 0 Å². The van der Waals surface area contributed by atoms with Gasteiger partial charge in [-0.2, -0.15) is 4.99 Å². The molecule has 3 heteroatoms. The van der Waals surface area contributed by atoms with E-state index in [0.717, 1.165) is 24.2 Å². The fraction of sp³-hybridized carbons (Fsp3) is 0.444. The zero-order chi connectivity index (χ0) is 8.60. The summed E-state index contributed by atoms with van der Waals surface area (Å²) in [4.78, 5) is 14.0. The molecule has 12 heavy (non-hydrogen) atoms. The molecule has 0 unspecified atom stereocenters. The maximum absolute atomic E-state index is 10.1. The Balaban J connectivity index is 2.42. The zero-order valence-corrected chi connectivity index (χ0v) is 6.83. The minimum Gasteiger partial charge on any atom is -0.469 e. The molecule has 1 saturated carbocycles. The van der Waals surface area contributed by atoms with Crippen molar-refractivity contribution in [1.82, 2.24) is 0 Å². The Morgan fingerprint density at radius 3 is 2.83 bits per heavy atom. The van der Waals surface area contributed by atoms with Crippen molar-refractivity contribution in [2.75, 3.05) is 0 Å². The summed E-state index contributed by atoms with van der Waals surface area (Å²) >= 11 is 0. The van der Waals surface area contributed by atoms with E-state index in [1.165, 1.54) is 0 Å². The molecule has 0 aliphatic heterocycles. The SMILES string of the molecule is Cc1occc1C1(N=C=O)CC1. The molecule has 0 bridgehead atoms. The number of aliphatic imine (C=N–C) groups is 1. The predicted octanol–water partition coefficient (Wildman–Crippen LogP) is 1.91. The van der Waals surface area contributed by atoms with E-state index < -0.39 is 0 Å². The van der Waals surface area contributed by atoms with E-state index in [-0.39, 0.29) is 5.54 Å². The molecule has 0 spiro atoms. The van der Waals surface area contributed by atoms with E-state index in [2.05, 4.69) is 4.99 Å². The van der Waals surface area contributed by atoms with Crippen LogP contribution < -0.4 is 0 Å². The first-order chi connectivity index (χ1) is 5.78. The Labute approximate surface area is 70.1 Å². The van der Waals surface area contributed by atoms with E-state index in [4.69, 9.17) is 4.42 Å². The van der Waals surface area contributed by atoms with Crippen LogP contribution in [0.5, 0.6) is 0 Å². The van der Waals surface area contributed by atoms with Gasteiger partial charge < -0.3 is 4.42 Å². The predicted molar refractivity (Wildman–Crippen MR) is 42.5 cm³/mol. The second-order valence-electron chi connectivity index (χ2n) is 3.13. The summed E-state index contributed by atoms with van der Waals surface area (Å²) in [6.07, 6.45) is 5.12. The second kappa shape index (κ2) is 2.32. The molecular formula is C9H9NO2. The molecule has 0 saturated heterocycles. The Hall–Kier alpha value is -1.34. The van der Waals surface area contributed by atoms with Gasteiger partial charge in [0, 0.05) is 5.56 Å². The minimum absolute atomic E-state index is 0.279. The van der Waals surface area contributed by atoms with Gasteiger partial charge in [0.15, 0.2) is 0 Å². The molecule has 0 radical (unpaired) electrons. The Morgan fingerprint density at radius 2 is 2.42 bits per heavy atom. The molecule has 0 aromatic carbocycles. The van der Waals surface area contributed by atoms with E-state index in [9.17, 15) is 4.79 Å². The maximum Gasteiger partial charge on any atom is 0.235 e. The van der Waals surface area contributed by atoms with Crippen LogP contribution in [0.2, 0.25) is 0 Å². The highest BCUT2D eigenvalue weighted by Gasteiger charge is 2.46. The Kier molecular flexibility index (Phi) is 1.42. The number of carbonyl (C=O) groups excluding carboxylic acids is 1. The second-order valence-corrected chi connectivity index (χ2v) is 3.13. The zero-order valence-electron chi connectivity index (χ0n) is 6.83. The third-order valence-corrected chi connectivity index (χ3v) is 2.34. The van der Waals surface area contributed by atoms with Crippen molar-refractivity contribution in [3.8, 4) is 0 Å². The van der Waals surface area contributed by atoms with Crippen LogP contribution in [0, 0.1) is 6.92 Å². The molecule has 1 aromatic heterocycles. The molecule has 3 nitrogen and oxygen atoms in total. The summed E-state index contributed by atoms with van der Waals surface area (Å²) in [6.45, 7) is 1.88. The summed E-state index contributed by atoms with van der Waals surface area (Å²) in [5.41, 5.74) is 0.754. The lowest BCUT2D eigenvalue weighted by Gasteiger charge is -2.03. The normalized spacial score (nSPS) is 18.4. The van der Waals surface area contributed by atoms with Crippen molar-refractivity contribution in [2.45, 2.75) is 25.3 Å². The number of isocyanates is 1. The van der Waals surface area contributed by atoms with Crippen molar-refractivity contribution in [2.24, 2.45) is 4.99 Å². The number of nitrogens with zero attached hydrogens (tertiary/aromatic N) is 1. The third-order valence-electron chi connectivity index (χ3n) is 2.34. The third kappa shape index (κ3) is 0.908. The molecule has 2 rings (SSSR count). The average molecular weight is 163 g/mol. The van der Waals surface area contributed by atoms with Crippen LogP contribution in [0.25, 0.3) is 0 Å². The number of aryl methyl sites for hydroxylation is 1. The largest absolute Gasteiger partial charge is 0.469 e. The van der Waals surface area contributed by atoms with Crippen LogP contribution in [-0.2, 0) is 10.3 Å². The first-order valence-corrected chi connectivity index (χ1v) is 3.92. The van der Waals surface area contributed by atoms with Crippen LogP contribution in [0.3, 0.4) is 0 Å². The molecule has 0 N–H and O–H groups in total. The van der Waals surface area contributed by atoms with Gasteiger partial charge in [0.25, 0.3) is 0 Å². The Bertz CT molecular complexity index is 343. The van der Waals surface area contributed by atoms with Crippen LogP contribution in [0.1, 0.15) is 24.2 Å². The molecular weight excluding hydrogens is 154 g/mol. The van der Waals surface area contributed by atoms with Crippen molar-refractivity contribution in [3.05, 3.63) is 23.7 Å². The van der Waals surface area contributed by atoms with Gasteiger partial charge >= 0.3 is 0 Å². The highest BCUT2D eigenvalue weighted by Crippen LogP contribution is 2.50. The summed E-state index contributed by atoms with van der Waals surface area (Å²) in [5, 5.41) is 0. The average Bonchev–Trinajstić information content (AvgIpc) is 2.68. The molecule has 1 aliphatic carbocycles. The summed E-state index contributed by atoms with van der Waals surface area (Å²) in [6, 6.07) is 1.88. The first kappa shape index (κ1) is 7.32. The van der Waals surface area contributed by atoms with E-state index in [1.807, 2.05) is 13.0 Å². The molecule has 62 valence electrons. The standard InChI is InChI=1S/C9H9NO2/c1-7-8(2-5-12-7)9(3-4-9)10-6-11/h2,5H,3-4H2,1H3. The van der Waals surface area contributed by atoms with Gasteiger partial charge in [0.1, 0.15) is 11.3 Å². The van der Waals surface area contributed by atoms with Gasteiger partial charge in [0.2, 0.25) is 6.08 Å². The van der Waals surface area contributed by atoms with Crippen molar-refractivity contribution in [3.63, 3.8) is 0 Å². The fourth-order valence-electron chi connectivity index (χ4n) is 1.51. The van der Waals surface area contributed by atoms with Crippen molar-refractivity contribution < 1.29 is 9.21 Å². The van der Waals surface area contributed by atoms with Crippen LogP contribution >= 0.6 is 0 Å². The molecule has 1 aliphatic rings.